The fraction of sp³-hybridized carbons (Fsp3) is 0.188. The number of phenols is 1. The molecule has 3 heterocycles. The predicted molar refractivity (Wildman–Crippen MR) is 145 cm³/mol. The van der Waals surface area contributed by atoms with Crippen LogP contribution in [-0.2, 0) is 33.9 Å². The molecule has 5 nitrogen and oxygen atoms in total. The number of pyridine rings is 2. The van der Waals surface area contributed by atoms with E-state index >= 15 is 0 Å². The molecule has 6 heteroatoms. The number of fused-ring (bicyclic) bond motifs is 3. The van der Waals surface area contributed by atoms with Gasteiger partial charge in [-0.15, -0.1) is 17.5 Å². The molecule has 1 N–H and O–H groups in total. The maximum atomic E-state index is 10.5. The Kier molecular flexibility index (Phi) is 5.52. The first kappa shape index (κ1) is 23.4. The Morgan fingerprint density at radius 3 is 2.68 bits per heavy atom. The first-order chi connectivity index (χ1) is 18.2. The van der Waals surface area contributed by atoms with Crippen molar-refractivity contribution < 1.29 is 30.9 Å². The van der Waals surface area contributed by atoms with Crippen molar-refractivity contribution in [2.45, 2.75) is 38.0 Å². The molecule has 2 aliphatic rings. The Morgan fingerprint density at radius 1 is 0.921 bits per heavy atom. The van der Waals surface area contributed by atoms with E-state index in [0.29, 0.717) is 23.1 Å². The van der Waals surface area contributed by atoms with E-state index in [9.17, 15) is 5.11 Å². The Bertz CT molecular complexity index is 1870. The van der Waals surface area contributed by atoms with E-state index < -0.39 is 0 Å². The van der Waals surface area contributed by atoms with Gasteiger partial charge in [-0.25, -0.2) is 9.97 Å². The molecule has 0 saturated heterocycles. The molecular formula is C32H24N3O2Pt-. The summed E-state index contributed by atoms with van der Waals surface area (Å²) in [7, 11) is 0. The Hall–Kier alpha value is -3.69. The van der Waals surface area contributed by atoms with Crippen LogP contribution >= 0.6 is 0 Å². The number of hydrogen-bond acceptors (Lipinski definition) is 4. The SMILES string of the molecule is Oc1ccc2c3c(cc(Oc4[c-]c5c(cc4)c4ccccc4n5-c4cc(C5CC5)ccn4)nc13)CCC2.[Pt]. The normalized spacial score (nSPS) is 14.6. The second-order valence-electron chi connectivity index (χ2n) is 10.2. The molecule has 6 aromatic rings. The van der Waals surface area contributed by atoms with E-state index in [2.05, 4.69) is 53.1 Å². The third kappa shape index (κ3) is 3.72. The Balaban J connectivity index is 0.00000242. The van der Waals surface area contributed by atoms with Crippen LogP contribution in [0.5, 0.6) is 17.4 Å². The molecule has 8 rings (SSSR count). The number of benzene rings is 3. The van der Waals surface area contributed by atoms with E-state index in [4.69, 9.17) is 14.7 Å². The minimum atomic E-state index is 0. The fourth-order valence-electron chi connectivity index (χ4n) is 5.90. The van der Waals surface area contributed by atoms with Gasteiger partial charge in [-0.1, -0.05) is 29.8 Å². The van der Waals surface area contributed by atoms with Gasteiger partial charge in [-0.05, 0) is 84.4 Å². The summed E-state index contributed by atoms with van der Waals surface area (Å²) in [5.74, 6) is 2.79. The fourth-order valence-corrected chi connectivity index (χ4v) is 5.90. The average molecular weight is 678 g/mol. The zero-order valence-electron chi connectivity index (χ0n) is 20.6. The van der Waals surface area contributed by atoms with Crippen molar-refractivity contribution in [3.8, 4) is 23.2 Å². The smallest absolute Gasteiger partial charge is 0.217 e. The number of aromatic hydroxyl groups is 1. The third-order valence-electron chi connectivity index (χ3n) is 7.79. The number of nitrogens with zero attached hydrogens (tertiary/aromatic N) is 3. The number of ether oxygens (including phenoxy) is 1. The summed E-state index contributed by atoms with van der Waals surface area (Å²) >= 11 is 0. The van der Waals surface area contributed by atoms with E-state index in [1.54, 1.807) is 6.07 Å². The van der Waals surface area contributed by atoms with Gasteiger partial charge in [-0.2, -0.15) is 6.07 Å². The summed E-state index contributed by atoms with van der Waals surface area (Å²) in [5, 5.41) is 13.9. The van der Waals surface area contributed by atoms with Crippen LogP contribution in [0.4, 0.5) is 0 Å². The number of rotatable bonds is 4. The van der Waals surface area contributed by atoms with Gasteiger partial charge in [0.05, 0.1) is 0 Å². The van der Waals surface area contributed by atoms with Crippen LogP contribution in [0.2, 0.25) is 0 Å². The van der Waals surface area contributed by atoms with Crippen molar-refractivity contribution in [3.63, 3.8) is 0 Å². The first-order valence-electron chi connectivity index (χ1n) is 13.0. The van der Waals surface area contributed by atoms with Crippen LogP contribution < -0.4 is 4.74 Å². The molecule has 1 fully saturated rings. The summed E-state index contributed by atoms with van der Waals surface area (Å²) in [6, 6.07) is 26.1. The van der Waals surface area contributed by atoms with Crippen molar-refractivity contribution in [1.82, 2.24) is 14.5 Å². The van der Waals surface area contributed by atoms with E-state index in [1.165, 1.54) is 29.5 Å². The number of phenolic OH excluding ortho intramolecular Hbond substituents is 1. The van der Waals surface area contributed by atoms with Crippen LogP contribution in [0.15, 0.2) is 72.9 Å². The summed E-state index contributed by atoms with van der Waals surface area (Å²) < 4.78 is 8.48. The zero-order chi connectivity index (χ0) is 24.5. The van der Waals surface area contributed by atoms with Gasteiger partial charge in [0.25, 0.3) is 0 Å². The number of aryl methyl sites for hydroxylation is 2. The van der Waals surface area contributed by atoms with Crippen LogP contribution in [-0.4, -0.2) is 19.6 Å². The van der Waals surface area contributed by atoms with Crippen molar-refractivity contribution >= 4 is 32.7 Å². The maximum absolute atomic E-state index is 10.5. The molecule has 0 radical (unpaired) electrons. The molecule has 0 aliphatic heterocycles. The maximum Gasteiger partial charge on any atom is 0.217 e. The first-order valence-corrected chi connectivity index (χ1v) is 13.0. The molecular weight excluding hydrogens is 653 g/mol. The van der Waals surface area contributed by atoms with Gasteiger partial charge in [0.1, 0.15) is 17.1 Å². The molecule has 1 saturated carbocycles. The van der Waals surface area contributed by atoms with Crippen LogP contribution in [0, 0.1) is 6.07 Å². The van der Waals surface area contributed by atoms with Crippen molar-refractivity contribution in [2.24, 2.45) is 0 Å². The molecule has 3 aromatic heterocycles. The number of aromatic nitrogens is 3. The molecule has 0 bridgehead atoms. The molecule has 2 aliphatic carbocycles. The molecule has 38 heavy (non-hydrogen) atoms. The minimum Gasteiger partial charge on any atom is -0.506 e. The van der Waals surface area contributed by atoms with Gasteiger partial charge in [0, 0.05) is 50.0 Å². The molecule has 0 amide bonds. The van der Waals surface area contributed by atoms with Crippen LogP contribution in [0.1, 0.15) is 41.9 Å². The molecule has 3 aromatic carbocycles. The number of hydrogen-bond donors (Lipinski definition) is 1. The second kappa shape index (κ2) is 8.96. The average Bonchev–Trinajstić information content (AvgIpc) is 3.73. The van der Waals surface area contributed by atoms with Gasteiger partial charge < -0.3 is 14.4 Å². The summed E-state index contributed by atoms with van der Waals surface area (Å²) in [5.41, 5.74) is 6.39. The topological polar surface area (TPSA) is 60.2 Å². The quantitative estimate of drug-likeness (QED) is 0.198. The minimum absolute atomic E-state index is 0. The number of para-hydroxylation sites is 1. The van der Waals surface area contributed by atoms with Crippen LogP contribution in [0.25, 0.3) is 38.5 Å². The largest absolute Gasteiger partial charge is 0.506 e. The van der Waals surface area contributed by atoms with E-state index in [0.717, 1.165) is 52.3 Å². The van der Waals surface area contributed by atoms with E-state index in [1.807, 2.05) is 24.4 Å². The predicted octanol–water partition coefficient (Wildman–Crippen LogP) is 7.39. The zero-order valence-corrected chi connectivity index (χ0v) is 22.8. The molecule has 190 valence electrons. The van der Waals surface area contributed by atoms with Crippen LogP contribution in [0.3, 0.4) is 0 Å². The summed E-state index contributed by atoms with van der Waals surface area (Å²) in [6.07, 6.45) is 7.45. The standard InChI is InChI=1S/C32H24N3O2.Pt/c36-28-13-10-20-4-3-5-22-17-30(34-32(28)31(20)22)37-23-11-12-25-24-6-1-2-7-26(24)35(27(25)18-23)29-16-21(14-15-33-29)19-8-9-19;/h1-2,6-7,10-17,19,36H,3-5,8-9H2;/q-1;. The van der Waals surface area contributed by atoms with Crippen molar-refractivity contribution in [1.29, 1.82) is 0 Å². The van der Waals surface area contributed by atoms with Gasteiger partial charge in [-0.3, -0.25) is 0 Å². The Labute approximate surface area is 234 Å². The monoisotopic (exact) mass is 677 g/mol. The van der Waals surface area contributed by atoms with Gasteiger partial charge in [0.2, 0.25) is 5.88 Å². The summed E-state index contributed by atoms with van der Waals surface area (Å²) in [6.45, 7) is 0. The third-order valence-corrected chi connectivity index (χ3v) is 7.79. The molecule has 0 atom stereocenters. The second-order valence-corrected chi connectivity index (χ2v) is 10.2. The van der Waals surface area contributed by atoms with Gasteiger partial charge in [0.15, 0.2) is 0 Å². The van der Waals surface area contributed by atoms with Crippen molar-refractivity contribution in [3.05, 3.63) is 95.7 Å². The van der Waals surface area contributed by atoms with E-state index in [-0.39, 0.29) is 26.8 Å². The van der Waals surface area contributed by atoms with Gasteiger partial charge >= 0.3 is 0 Å². The summed E-state index contributed by atoms with van der Waals surface area (Å²) in [4.78, 5) is 9.45. The Morgan fingerprint density at radius 2 is 1.79 bits per heavy atom. The van der Waals surface area contributed by atoms with Crippen molar-refractivity contribution in [2.75, 3.05) is 0 Å². The molecule has 0 spiro atoms. The molecule has 0 unspecified atom stereocenters.